The molecule has 1 aliphatic heterocycles. The number of halogens is 1. The van der Waals surface area contributed by atoms with Gasteiger partial charge >= 0.3 is 5.97 Å². The number of aliphatic carboxylic acids is 1. The predicted octanol–water partition coefficient (Wildman–Crippen LogP) is 6.29. The Balaban J connectivity index is 1.91. The van der Waals surface area contributed by atoms with Crippen LogP contribution in [0.4, 0.5) is 0 Å². The van der Waals surface area contributed by atoms with Gasteiger partial charge in [0.15, 0.2) is 6.10 Å². The molecule has 2 aromatic carbocycles. The Kier molecular flexibility index (Phi) is 5.46. The highest BCUT2D eigenvalue weighted by Crippen LogP contribution is 2.44. The van der Waals surface area contributed by atoms with Crippen molar-refractivity contribution in [2.45, 2.75) is 45.8 Å². The smallest absolute Gasteiger partial charge is 0.337 e. The first-order valence-electron chi connectivity index (χ1n) is 11.2. The molecule has 2 aromatic heterocycles. The highest BCUT2D eigenvalue weighted by molar-refractivity contribution is 6.31. The second kappa shape index (κ2) is 8.22. The third kappa shape index (κ3) is 3.87. The summed E-state index contributed by atoms with van der Waals surface area (Å²) in [6.07, 6.45) is 1.37. The van der Waals surface area contributed by atoms with Crippen LogP contribution in [0.5, 0.6) is 5.75 Å². The van der Waals surface area contributed by atoms with Gasteiger partial charge in [0.1, 0.15) is 5.75 Å². The zero-order valence-corrected chi connectivity index (χ0v) is 20.2. The number of aryl methyl sites for hydroxylation is 1. The molecule has 0 saturated heterocycles. The number of ether oxygens (including phenoxy) is 2. The van der Waals surface area contributed by atoms with Gasteiger partial charge in [-0.1, -0.05) is 17.7 Å². The van der Waals surface area contributed by atoms with Crippen LogP contribution in [0.25, 0.3) is 32.9 Å². The van der Waals surface area contributed by atoms with Crippen LogP contribution in [-0.2, 0) is 16.0 Å². The molecule has 34 heavy (non-hydrogen) atoms. The van der Waals surface area contributed by atoms with Gasteiger partial charge in [-0.05, 0) is 63.6 Å². The highest BCUT2D eigenvalue weighted by Gasteiger charge is 2.33. The molecule has 0 amide bonds. The summed E-state index contributed by atoms with van der Waals surface area (Å²) in [5.41, 5.74) is 4.54. The molecule has 3 heterocycles. The molecule has 6 nitrogen and oxygen atoms in total. The lowest BCUT2D eigenvalue weighted by Gasteiger charge is -2.28. The van der Waals surface area contributed by atoms with E-state index in [9.17, 15) is 9.90 Å². The van der Waals surface area contributed by atoms with Gasteiger partial charge in [-0.2, -0.15) is 0 Å². The normalized spacial score (nSPS) is 14.3. The summed E-state index contributed by atoms with van der Waals surface area (Å²) < 4.78 is 12.0. The number of pyridine rings is 2. The quantitative estimate of drug-likeness (QED) is 0.373. The Hall–Kier alpha value is -3.22. The summed E-state index contributed by atoms with van der Waals surface area (Å²) in [5.74, 6) is -0.290. The number of nitrogens with zero attached hydrogens (tertiary/aromatic N) is 2. The van der Waals surface area contributed by atoms with Gasteiger partial charge < -0.3 is 14.6 Å². The zero-order valence-electron chi connectivity index (χ0n) is 19.5. The molecule has 5 rings (SSSR count). The van der Waals surface area contributed by atoms with Crippen LogP contribution in [0.15, 0.2) is 42.6 Å². The van der Waals surface area contributed by atoms with E-state index in [1.54, 1.807) is 18.3 Å². The van der Waals surface area contributed by atoms with Crippen molar-refractivity contribution >= 4 is 39.4 Å². The number of carboxylic acids is 1. The SMILES string of the molecule is Cc1nc2cc(Cl)ccc2c(-c2ccc3c4c(ccnc24)CCO3)c1[C@H](OC(C)(C)C)C(=O)O. The van der Waals surface area contributed by atoms with Crippen LogP contribution < -0.4 is 4.74 Å². The lowest BCUT2D eigenvalue weighted by atomic mass is 9.88. The topological polar surface area (TPSA) is 81.5 Å². The number of benzene rings is 2. The fraction of sp³-hybridized carbons (Fsp3) is 0.296. The minimum Gasteiger partial charge on any atom is -0.493 e. The molecule has 0 radical (unpaired) electrons. The summed E-state index contributed by atoms with van der Waals surface area (Å²) in [4.78, 5) is 22.0. The first-order valence-corrected chi connectivity index (χ1v) is 11.6. The van der Waals surface area contributed by atoms with Crippen molar-refractivity contribution in [3.05, 3.63) is 64.4 Å². The van der Waals surface area contributed by atoms with Gasteiger partial charge in [-0.3, -0.25) is 9.97 Å². The summed E-state index contributed by atoms with van der Waals surface area (Å²) in [7, 11) is 0. The van der Waals surface area contributed by atoms with Gasteiger partial charge in [-0.15, -0.1) is 0 Å². The van der Waals surface area contributed by atoms with E-state index in [1.807, 2.05) is 52.0 Å². The minimum atomic E-state index is -1.22. The number of carbonyl (C=O) groups is 1. The Morgan fingerprint density at radius 1 is 1.21 bits per heavy atom. The molecule has 0 fully saturated rings. The molecule has 0 aliphatic carbocycles. The maximum Gasteiger partial charge on any atom is 0.337 e. The van der Waals surface area contributed by atoms with Crippen LogP contribution in [0, 0.1) is 6.92 Å². The molecule has 1 N–H and O–H groups in total. The average molecular weight is 477 g/mol. The van der Waals surface area contributed by atoms with E-state index in [2.05, 4.69) is 0 Å². The monoisotopic (exact) mass is 476 g/mol. The van der Waals surface area contributed by atoms with Crippen LogP contribution >= 0.6 is 11.6 Å². The second-order valence-electron chi connectivity index (χ2n) is 9.50. The summed E-state index contributed by atoms with van der Waals surface area (Å²) in [6.45, 7) is 7.95. The number of hydrogen-bond donors (Lipinski definition) is 1. The Morgan fingerprint density at radius 3 is 2.74 bits per heavy atom. The third-order valence-corrected chi connectivity index (χ3v) is 6.21. The number of fused-ring (bicyclic) bond motifs is 1. The molecular formula is C27H25ClN2O4. The molecule has 1 atom stereocenters. The fourth-order valence-corrected chi connectivity index (χ4v) is 4.84. The molecule has 7 heteroatoms. The summed E-state index contributed by atoms with van der Waals surface area (Å²) in [5, 5.41) is 12.5. The number of hydrogen-bond acceptors (Lipinski definition) is 5. The number of carboxylic acid groups (broad SMARTS) is 1. The number of rotatable bonds is 4. The lowest BCUT2D eigenvalue weighted by molar-refractivity contribution is -0.160. The minimum absolute atomic E-state index is 0.511. The van der Waals surface area contributed by atoms with E-state index in [1.165, 1.54) is 0 Å². The molecule has 4 aromatic rings. The van der Waals surface area contributed by atoms with E-state index in [-0.39, 0.29) is 0 Å². The van der Waals surface area contributed by atoms with Gasteiger partial charge in [0.2, 0.25) is 0 Å². The van der Waals surface area contributed by atoms with Gasteiger partial charge in [0.25, 0.3) is 0 Å². The highest BCUT2D eigenvalue weighted by atomic mass is 35.5. The molecule has 174 valence electrons. The van der Waals surface area contributed by atoms with Crippen LogP contribution in [0.2, 0.25) is 5.02 Å². The summed E-state index contributed by atoms with van der Waals surface area (Å²) >= 11 is 6.28. The molecule has 1 aliphatic rings. The Labute approximate surface area is 202 Å². The summed E-state index contributed by atoms with van der Waals surface area (Å²) in [6, 6.07) is 11.4. The molecule has 0 spiro atoms. The van der Waals surface area contributed by atoms with Crippen molar-refractivity contribution < 1.29 is 19.4 Å². The first kappa shape index (κ1) is 22.6. The van der Waals surface area contributed by atoms with E-state index >= 15 is 0 Å². The van der Waals surface area contributed by atoms with Crippen LogP contribution in [0.3, 0.4) is 0 Å². The number of aromatic nitrogens is 2. The average Bonchev–Trinajstić information content (AvgIpc) is 2.77. The fourth-order valence-electron chi connectivity index (χ4n) is 4.68. The second-order valence-corrected chi connectivity index (χ2v) is 9.94. The van der Waals surface area contributed by atoms with E-state index in [0.717, 1.165) is 45.1 Å². The van der Waals surface area contributed by atoms with Gasteiger partial charge in [0.05, 0.1) is 23.2 Å². The predicted molar refractivity (Wildman–Crippen MR) is 133 cm³/mol. The van der Waals surface area contributed by atoms with E-state index in [4.69, 9.17) is 31.0 Å². The van der Waals surface area contributed by atoms with Crippen molar-refractivity contribution in [1.82, 2.24) is 9.97 Å². The van der Waals surface area contributed by atoms with Crippen molar-refractivity contribution in [3.63, 3.8) is 0 Å². The standard InChI is InChI=1S/C27H25ClN2O4/c1-14-21(25(26(31)32)34-27(2,3)4)23(17-6-5-16(28)13-19(17)30-14)18-7-8-20-22-15(10-12-33-20)9-11-29-24(18)22/h5-9,11,13,25H,10,12H2,1-4H3,(H,31,32)/t25-/m0/s1. The molecular weight excluding hydrogens is 452 g/mol. The van der Waals surface area contributed by atoms with E-state index < -0.39 is 17.7 Å². The van der Waals surface area contributed by atoms with Crippen molar-refractivity contribution in [2.75, 3.05) is 6.61 Å². The lowest BCUT2D eigenvalue weighted by Crippen LogP contribution is -2.28. The van der Waals surface area contributed by atoms with Crippen LogP contribution in [-0.4, -0.2) is 33.3 Å². The first-order chi connectivity index (χ1) is 16.1. The molecule has 0 saturated carbocycles. The van der Waals surface area contributed by atoms with Gasteiger partial charge in [0, 0.05) is 50.8 Å². The largest absolute Gasteiger partial charge is 0.493 e. The van der Waals surface area contributed by atoms with Gasteiger partial charge in [-0.25, -0.2) is 4.79 Å². The zero-order chi connectivity index (χ0) is 24.2. The Bertz CT molecular complexity index is 1450. The maximum absolute atomic E-state index is 12.5. The van der Waals surface area contributed by atoms with E-state index in [0.29, 0.717) is 28.4 Å². The Morgan fingerprint density at radius 2 is 2.00 bits per heavy atom. The molecule has 0 bridgehead atoms. The van der Waals surface area contributed by atoms with Crippen LogP contribution in [0.1, 0.15) is 43.7 Å². The van der Waals surface area contributed by atoms with Crippen molar-refractivity contribution in [2.24, 2.45) is 0 Å². The van der Waals surface area contributed by atoms with Crippen molar-refractivity contribution in [1.29, 1.82) is 0 Å². The maximum atomic E-state index is 12.5. The third-order valence-electron chi connectivity index (χ3n) is 5.97. The van der Waals surface area contributed by atoms with Crippen molar-refractivity contribution in [3.8, 4) is 16.9 Å². The molecule has 0 unspecified atom stereocenters.